The number of benzene rings is 1. The molecule has 2 aromatic heterocycles. The van der Waals surface area contributed by atoms with Crippen LogP contribution in [0.15, 0.2) is 54.3 Å². The number of fused-ring (bicyclic) bond motifs is 5. The average molecular weight is 363 g/mol. The van der Waals surface area contributed by atoms with E-state index < -0.39 is 0 Å². The molecule has 2 aliphatic rings. The molecule has 4 heterocycles. The van der Waals surface area contributed by atoms with Crippen molar-refractivity contribution in [1.29, 1.82) is 0 Å². The predicted octanol–water partition coefficient (Wildman–Crippen LogP) is 5.62. The third-order valence-electron chi connectivity index (χ3n) is 6.16. The largest absolute Gasteiger partial charge is 0.307 e. The predicted molar refractivity (Wildman–Crippen MR) is 108 cm³/mol. The number of hydrogen-bond donors (Lipinski definition) is 0. The molecule has 0 saturated heterocycles. The smallest absolute Gasteiger partial charge is 0.162 e. The Morgan fingerprint density at radius 3 is 2.69 bits per heavy atom. The van der Waals surface area contributed by atoms with Crippen LogP contribution < -0.4 is 9.80 Å². The Morgan fingerprint density at radius 2 is 1.92 bits per heavy atom. The second-order valence-electron chi connectivity index (χ2n) is 7.11. The summed E-state index contributed by atoms with van der Waals surface area (Å²) in [5, 5.41) is 3.40. The van der Waals surface area contributed by atoms with Gasteiger partial charge < -0.3 is 9.80 Å². The van der Waals surface area contributed by atoms with E-state index in [9.17, 15) is 0 Å². The van der Waals surface area contributed by atoms with Gasteiger partial charge >= 0.3 is 0 Å². The van der Waals surface area contributed by atoms with Crippen molar-refractivity contribution < 1.29 is 0 Å². The first-order valence-electron chi connectivity index (χ1n) is 9.30. The summed E-state index contributed by atoms with van der Waals surface area (Å²) in [6.07, 6.45) is 7.25. The maximum Gasteiger partial charge on any atom is 0.162 e. The average Bonchev–Trinajstić information content (AvgIpc) is 3.32. The van der Waals surface area contributed by atoms with Crippen LogP contribution >= 0.6 is 11.3 Å². The van der Waals surface area contributed by atoms with E-state index in [2.05, 4.69) is 75.4 Å². The molecule has 26 heavy (non-hydrogen) atoms. The first kappa shape index (κ1) is 15.8. The van der Waals surface area contributed by atoms with Crippen molar-refractivity contribution in [2.24, 2.45) is 0 Å². The van der Waals surface area contributed by atoms with Gasteiger partial charge in [-0.2, -0.15) is 0 Å². The zero-order chi connectivity index (χ0) is 17.7. The van der Waals surface area contributed by atoms with Gasteiger partial charge in [-0.1, -0.05) is 32.0 Å². The van der Waals surface area contributed by atoms with Crippen LogP contribution in [0.2, 0.25) is 0 Å². The van der Waals surface area contributed by atoms with Gasteiger partial charge in [0.1, 0.15) is 18.2 Å². The quantitative estimate of drug-likeness (QED) is 0.606. The summed E-state index contributed by atoms with van der Waals surface area (Å²) in [6, 6.07) is 13.2. The number of hydrogen-bond acceptors (Lipinski definition) is 5. The highest BCUT2D eigenvalue weighted by Crippen LogP contribution is 2.56. The standard InChI is InChI=1S/C21H22N4S/c1-3-21(4-2)12-18-24(19-10-7-11-26-19)17-13-22-14-23-20(17)25(18)16-9-6-5-8-15(16)21/h5-11,13-14,18H,3-4,12H2,1-2H3. The van der Waals surface area contributed by atoms with Crippen molar-refractivity contribution in [2.45, 2.75) is 44.7 Å². The summed E-state index contributed by atoms with van der Waals surface area (Å²) in [7, 11) is 0. The molecule has 0 saturated carbocycles. The molecule has 0 radical (unpaired) electrons. The minimum absolute atomic E-state index is 0.197. The molecule has 0 fully saturated rings. The van der Waals surface area contributed by atoms with Crippen LogP contribution in [-0.4, -0.2) is 16.1 Å². The molecule has 1 aromatic carbocycles. The summed E-state index contributed by atoms with van der Waals surface area (Å²) >= 11 is 1.78. The minimum atomic E-state index is 0.197. The first-order valence-corrected chi connectivity index (χ1v) is 10.2. The number of aromatic nitrogens is 2. The summed E-state index contributed by atoms with van der Waals surface area (Å²) in [6.45, 7) is 4.65. The van der Waals surface area contributed by atoms with E-state index in [-0.39, 0.29) is 11.6 Å². The summed E-state index contributed by atoms with van der Waals surface area (Å²) < 4.78 is 0. The second kappa shape index (κ2) is 5.81. The van der Waals surface area contributed by atoms with Crippen molar-refractivity contribution in [3.63, 3.8) is 0 Å². The van der Waals surface area contributed by atoms with E-state index in [0.717, 1.165) is 30.8 Å². The Kier molecular flexibility index (Phi) is 3.54. The van der Waals surface area contributed by atoms with Gasteiger partial charge in [0, 0.05) is 11.1 Å². The molecule has 5 heteroatoms. The van der Waals surface area contributed by atoms with Gasteiger partial charge in [0.05, 0.1) is 11.2 Å². The first-order chi connectivity index (χ1) is 12.8. The molecule has 0 N–H and O–H groups in total. The van der Waals surface area contributed by atoms with Crippen LogP contribution in [0.5, 0.6) is 0 Å². The van der Waals surface area contributed by atoms with Crippen LogP contribution in [0.25, 0.3) is 0 Å². The highest BCUT2D eigenvalue weighted by Gasteiger charge is 2.49. The Morgan fingerprint density at radius 1 is 1.08 bits per heavy atom. The van der Waals surface area contributed by atoms with Crippen molar-refractivity contribution in [1.82, 2.24) is 9.97 Å². The van der Waals surface area contributed by atoms with Crippen LogP contribution in [0.3, 0.4) is 0 Å². The Balaban J connectivity index is 1.77. The lowest BCUT2D eigenvalue weighted by Gasteiger charge is -2.47. The SMILES string of the molecule is CCC1(CC)CC2N(c3cccs3)c3cncnc3N2c2ccccc21. The number of anilines is 4. The molecule has 3 aromatic rings. The topological polar surface area (TPSA) is 32.3 Å². The third-order valence-corrected chi connectivity index (χ3v) is 7.03. The third kappa shape index (κ3) is 2.01. The molecule has 2 aliphatic heterocycles. The van der Waals surface area contributed by atoms with Gasteiger partial charge in [-0.15, -0.1) is 11.3 Å². The summed E-state index contributed by atoms with van der Waals surface area (Å²) in [4.78, 5) is 13.9. The van der Waals surface area contributed by atoms with Gasteiger partial charge in [0.15, 0.2) is 5.82 Å². The number of thiophene rings is 1. The Hall–Kier alpha value is -2.40. The molecular weight excluding hydrogens is 340 g/mol. The maximum absolute atomic E-state index is 4.68. The van der Waals surface area contributed by atoms with E-state index in [0.29, 0.717) is 0 Å². The zero-order valence-corrected chi connectivity index (χ0v) is 15.9. The van der Waals surface area contributed by atoms with Gasteiger partial charge in [0.25, 0.3) is 0 Å². The highest BCUT2D eigenvalue weighted by atomic mass is 32.1. The molecule has 0 aliphatic carbocycles. The van der Waals surface area contributed by atoms with Gasteiger partial charge in [-0.25, -0.2) is 9.97 Å². The Bertz CT molecular complexity index is 933. The fourth-order valence-electron chi connectivity index (χ4n) is 4.73. The van der Waals surface area contributed by atoms with Crippen LogP contribution in [0.4, 0.5) is 22.2 Å². The molecule has 4 nitrogen and oxygen atoms in total. The molecule has 5 rings (SSSR count). The molecule has 1 atom stereocenters. The fourth-order valence-corrected chi connectivity index (χ4v) is 5.52. The maximum atomic E-state index is 4.68. The van der Waals surface area contributed by atoms with Crippen molar-refractivity contribution in [2.75, 3.05) is 9.80 Å². The summed E-state index contributed by atoms with van der Waals surface area (Å²) in [5.74, 6) is 1.02. The normalized spacial score (nSPS) is 19.8. The lowest BCUT2D eigenvalue weighted by atomic mass is 9.69. The minimum Gasteiger partial charge on any atom is -0.307 e. The molecular formula is C21H22N4S. The van der Waals surface area contributed by atoms with Crippen LogP contribution in [0.1, 0.15) is 38.7 Å². The number of nitrogens with zero attached hydrogens (tertiary/aromatic N) is 4. The number of para-hydroxylation sites is 1. The van der Waals surface area contributed by atoms with Crippen molar-refractivity contribution in [3.8, 4) is 0 Å². The van der Waals surface area contributed by atoms with Crippen molar-refractivity contribution >= 4 is 33.5 Å². The molecule has 0 spiro atoms. The molecule has 0 amide bonds. The van der Waals surface area contributed by atoms with E-state index >= 15 is 0 Å². The van der Waals surface area contributed by atoms with Crippen LogP contribution in [-0.2, 0) is 5.41 Å². The zero-order valence-electron chi connectivity index (χ0n) is 15.1. The van der Waals surface area contributed by atoms with E-state index in [1.165, 1.54) is 16.3 Å². The monoisotopic (exact) mass is 362 g/mol. The van der Waals surface area contributed by atoms with Gasteiger partial charge in [-0.3, -0.25) is 0 Å². The summed E-state index contributed by atoms with van der Waals surface area (Å²) in [5.41, 5.74) is 4.06. The second-order valence-corrected chi connectivity index (χ2v) is 8.04. The Labute approximate surface area is 158 Å². The lowest BCUT2D eigenvalue weighted by molar-refractivity contribution is 0.322. The molecule has 1 unspecified atom stereocenters. The fraction of sp³-hybridized carbons (Fsp3) is 0.333. The van der Waals surface area contributed by atoms with E-state index in [4.69, 9.17) is 0 Å². The van der Waals surface area contributed by atoms with E-state index in [1.54, 1.807) is 17.7 Å². The number of rotatable bonds is 3. The highest BCUT2D eigenvalue weighted by molar-refractivity contribution is 7.14. The van der Waals surface area contributed by atoms with E-state index in [1.807, 2.05) is 6.20 Å². The van der Waals surface area contributed by atoms with Gasteiger partial charge in [0.2, 0.25) is 0 Å². The molecule has 132 valence electrons. The molecule has 0 bridgehead atoms. The lowest BCUT2D eigenvalue weighted by Crippen LogP contribution is -2.48. The van der Waals surface area contributed by atoms with Crippen LogP contribution in [0, 0.1) is 0 Å². The van der Waals surface area contributed by atoms with Crippen molar-refractivity contribution in [3.05, 3.63) is 59.9 Å². The van der Waals surface area contributed by atoms with Gasteiger partial charge in [-0.05, 0) is 48.4 Å².